The zero-order valence-electron chi connectivity index (χ0n) is 18.6. The smallest absolute Gasteiger partial charge is 0.284 e. The van der Waals surface area contributed by atoms with Gasteiger partial charge in [-0.05, 0) is 55.7 Å². The van der Waals surface area contributed by atoms with Gasteiger partial charge in [0, 0.05) is 28.8 Å². The molecule has 1 aliphatic rings. The Balaban J connectivity index is 2.07. The van der Waals surface area contributed by atoms with E-state index in [2.05, 4.69) is 0 Å². The number of halogens is 3. The van der Waals surface area contributed by atoms with E-state index in [9.17, 15) is 4.79 Å². The Kier molecular flexibility index (Phi) is 7.06. The Bertz CT molecular complexity index is 1170. The monoisotopic (exact) mass is 505 g/mol. The number of hydrogen-bond acceptors (Lipinski definition) is 3. The molecule has 5 nitrogen and oxygen atoms in total. The molecule has 1 amide bonds. The second-order valence-electron chi connectivity index (χ2n) is 8.53. The largest absolute Gasteiger partial charge is 0.367 e. The van der Waals surface area contributed by atoms with Gasteiger partial charge in [-0.25, -0.2) is 4.98 Å². The molecule has 1 heterocycles. The lowest BCUT2D eigenvalue weighted by atomic mass is 9.87. The predicted molar refractivity (Wildman–Crippen MR) is 133 cm³/mol. The maximum Gasteiger partial charge on any atom is 0.284 e. The minimum atomic E-state index is -0.957. The molecule has 0 aliphatic heterocycles. The summed E-state index contributed by atoms with van der Waals surface area (Å²) in [7, 11) is 1.64. The summed E-state index contributed by atoms with van der Waals surface area (Å²) in [5.74, 6) is -0.386. The summed E-state index contributed by atoms with van der Waals surface area (Å²) in [5.41, 5.74) is 7.71. The molecule has 0 bridgehead atoms. The van der Waals surface area contributed by atoms with Crippen molar-refractivity contribution >= 4 is 40.7 Å². The third kappa shape index (κ3) is 4.52. The fraction of sp³-hybridized carbons (Fsp3) is 0.360. The number of methoxy groups -OCH3 is 1. The number of amides is 1. The molecule has 2 aromatic carbocycles. The Labute approximate surface area is 208 Å². The van der Waals surface area contributed by atoms with Crippen LogP contribution in [0.3, 0.4) is 0 Å². The summed E-state index contributed by atoms with van der Waals surface area (Å²) < 4.78 is 8.16. The maximum atomic E-state index is 12.6. The molecule has 1 aliphatic carbocycles. The van der Waals surface area contributed by atoms with Gasteiger partial charge in [0.2, 0.25) is 0 Å². The first-order valence-corrected chi connectivity index (χ1v) is 12.1. The summed E-state index contributed by atoms with van der Waals surface area (Å²) in [4.78, 5) is 17.4. The van der Waals surface area contributed by atoms with Crippen LogP contribution < -0.4 is 5.73 Å². The quantitative estimate of drug-likeness (QED) is 0.390. The van der Waals surface area contributed by atoms with Crippen LogP contribution in [-0.4, -0.2) is 22.6 Å². The summed E-state index contributed by atoms with van der Waals surface area (Å²) >= 11 is 18.9. The molecular weight excluding hydrogens is 481 g/mol. The average Bonchev–Trinajstić information content (AvgIpc) is 3.21. The number of primary amides is 1. The van der Waals surface area contributed by atoms with Crippen LogP contribution in [-0.2, 0) is 10.3 Å². The van der Waals surface area contributed by atoms with Crippen LogP contribution in [0.5, 0.6) is 0 Å². The molecule has 4 rings (SSSR count). The van der Waals surface area contributed by atoms with Gasteiger partial charge in [-0.1, -0.05) is 66.2 Å². The molecule has 0 spiro atoms. The fourth-order valence-electron chi connectivity index (χ4n) is 4.75. The van der Waals surface area contributed by atoms with Crippen LogP contribution >= 0.6 is 34.8 Å². The van der Waals surface area contributed by atoms with E-state index in [1.54, 1.807) is 19.2 Å². The van der Waals surface area contributed by atoms with Gasteiger partial charge in [-0.2, -0.15) is 0 Å². The van der Waals surface area contributed by atoms with Gasteiger partial charge in [0.05, 0.1) is 16.4 Å². The third-order valence-corrected chi connectivity index (χ3v) is 7.31. The summed E-state index contributed by atoms with van der Waals surface area (Å²) in [6.45, 7) is 1.96. The van der Waals surface area contributed by atoms with Gasteiger partial charge in [-0.15, -0.1) is 0 Å². The number of aromatic nitrogens is 2. The standard InChI is InChI=1S/C25H26Cl3N3O2/c1-25(33-2,15-8-10-16(26)11-9-15)22-21(19-13-12-17(27)14-20(19)28)30-24(23(29)32)31(22)18-6-4-3-5-7-18/h8-14,18H,3-7H2,1-2H3,(H2,29,32). The molecule has 1 saturated carbocycles. The van der Waals surface area contributed by atoms with Crippen LogP contribution in [0.1, 0.15) is 66.9 Å². The van der Waals surface area contributed by atoms with Crippen molar-refractivity contribution in [3.05, 3.63) is 74.6 Å². The number of hydrogen-bond donors (Lipinski definition) is 1. The van der Waals surface area contributed by atoms with Crippen LogP contribution in [0.25, 0.3) is 11.3 Å². The Morgan fingerprint density at radius 2 is 1.70 bits per heavy atom. The summed E-state index contributed by atoms with van der Waals surface area (Å²) in [6, 6.07) is 12.8. The van der Waals surface area contributed by atoms with Gasteiger partial charge in [0.1, 0.15) is 5.60 Å². The van der Waals surface area contributed by atoms with Gasteiger partial charge in [0.15, 0.2) is 5.82 Å². The minimum Gasteiger partial charge on any atom is -0.367 e. The normalized spacial score (nSPS) is 16.5. The molecule has 33 heavy (non-hydrogen) atoms. The van der Waals surface area contributed by atoms with E-state index in [0.717, 1.165) is 36.9 Å². The molecule has 3 aromatic rings. The van der Waals surface area contributed by atoms with Crippen LogP contribution in [0.4, 0.5) is 0 Å². The van der Waals surface area contributed by atoms with E-state index in [0.29, 0.717) is 26.3 Å². The lowest BCUT2D eigenvalue weighted by Gasteiger charge is -2.35. The lowest BCUT2D eigenvalue weighted by molar-refractivity contribution is 0.0305. The number of carbonyl (C=O) groups excluding carboxylic acids is 1. The first kappa shape index (κ1) is 24.1. The minimum absolute atomic E-state index is 0.0744. The number of nitrogens with two attached hydrogens (primary N) is 1. The summed E-state index contributed by atoms with van der Waals surface area (Å²) in [6.07, 6.45) is 5.17. The second-order valence-corrected chi connectivity index (χ2v) is 9.81. The first-order valence-electron chi connectivity index (χ1n) is 11.0. The number of nitrogens with zero attached hydrogens (tertiary/aromatic N) is 2. The highest BCUT2D eigenvalue weighted by Crippen LogP contribution is 2.45. The molecule has 174 valence electrons. The molecule has 8 heteroatoms. The highest BCUT2D eigenvalue weighted by molar-refractivity contribution is 6.36. The highest BCUT2D eigenvalue weighted by Gasteiger charge is 2.40. The molecule has 1 unspecified atom stereocenters. The SMILES string of the molecule is COC(C)(c1ccc(Cl)cc1)c1c(-c2ccc(Cl)cc2Cl)nc(C(N)=O)n1C1CCCCC1. The molecule has 0 radical (unpaired) electrons. The van der Waals surface area contributed by atoms with E-state index in [1.807, 2.05) is 41.8 Å². The zero-order valence-corrected chi connectivity index (χ0v) is 20.8. The first-order chi connectivity index (χ1) is 15.8. The lowest BCUT2D eigenvalue weighted by Crippen LogP contribution is -2.33. The molecule has 2 N–H and O–H groups in total. The number of benzene rings is 2. The van der Waals surface area contributed by atoms with Crippen molar-refractivity contribution in [2.45, 2.75) is 50.7 Å². The number of ether oxygens (including phenoxy) is 1. The number of carbonyl (C=O) groups is 1. The van der Waals surface area contributed by atoms with E-state index >= 15 is 0 Å². The molecular formula is C25H26Cl3N3O2. The van der Waals surface area contributed by atoms with Crippen LogP contribution in [0.15, 0.2) is 42.5 Å². The van der Waals surface area contributed by atoms with Crippen molar-refractivity contribution in [3.63, 3.8) is 0 Å². The van der Waals surface area contributed by atoms with Crippen molar-refractivity contribution < 1.29 is 9.53 Å². The highest BCUT2D eigenvalue weighted by atomic mass is 35.5. The predicted octanol–water partition coefficient (Wildman–Crippen LogP) is 7.02. The van der Waals surface area contributed by atoms with E-state index in [4.69, 9.17) is 50.3 Å². The average molecular weight is 507 g/mol. The van der Waals surface area contributed by atoms with Gasteiger partial charge in [-0.3, -0.25) is 4.79 Å². The van der Waals surface area contributed by atoms with Gasteiger partial charge < -0.3 is 15.0 Å². The van der Waals surface area contributed by atoms with Crippen LogP contribution in [0, 0.1) is 0 Å². The van der Waals surface area contributed by atoms with E-state index in [1.165, 1.54) is 6.42 Å². The molecule has 1 aromatic heterocycles. The van der Waals surface area contributed by atoms with Crippen molar-refractivity contribution in [1.82, 2.24) is 9.55 Å². The topological polar surface area (TPSA) is 70.1 Å². The van der Waals surface area contributed by atoms with Gasteiger partial charge in [0.25, 0.3) is 5.91 Å². The van der Waals surface area contributed by atoms with Crippen LogP contribution in [0.2, 0.25) is 15.1 Å². The fourth-order valence-corrected chi connectivity index (χ4v) is 5.37. The molecule has 1 fully saturated rings. The Morgan fingerprint density at radius 1 is 1.06 bits per heavy atom. The molecule has 0 saturated heterocycles. The molecule has 1 atom stereocenters. The number of rotatable bonds is 6. The van der Waals surface area contributed by atoms with Crippen molar-refractivity contribution in [2.24, 2.45) is 5.73 Å². The Hall–Kier alpha value is -2.05. The summed E-state index contributed by atoms with van der Waals surface area (Å²) in [5, 5.41) is 1.57. The third-order valence-electron chi connectivity index (χ3n) is 6.51. The van der Waals surface area contributed by atoms with Gasteiger partial charge >= 0.3 is 0 Å². The van der Waals surface area contributed by atoms with Crippen molar-refractivity contribution in [2.75, 3.05) is 7.11 Å². The number of imidazole rings is 1. The van der Waals surface area contributed by atoms with E-state index in [-0.39, 0.29) is 11.9 Å². The Morgan fingerprint density at radius 3 is 2.27 bits per heavy atom. The zero-order chi connectivity index (χ0) is 23.8. The van der Waals surface area contributed by atoms with Crippen molar-refractivity contribution in [3.8, 4) is 11.3 Å². The van der Waals surface area contributed by atoms with E-state index < -0.39 is 11.5 Å². The second kappa shape index (κ2) is 9.67. The maximum absolute atomic E-state index is 12.6. The van der Waals surface area contributed by atoms with Crippen molar-refractivity contribution in [1.29, 1.82) is 0 Å².